The van der Waals surface area contributed by atoms with Crippen LogP contribution in [0.15, 0.2) is 94.0 Å². The molecule has 1 saturated heterocycles. The molecule has 6 rings (SSSR count). The third-order valence-corrected chi connectivity index (χ3v) is 7.73. The van der Waals surface area contributed by atoms with Crippen LogP contribution < -0.4 is 16.4 Å². The Morgan fingerprint density at radius 1 is 1.10 bits per heavy atom. The highest BCUT2D eigenvalue weighted by molar-refractivity contribution is 5.91. The Kier molecular flexibility index (Phi) is 10.4. The van der Waals surface area contributed by atoms with E-state index in [0.29, 0.717) is 6.54 Å². The molecule has 219 valence electrons. The summed E-state index contributed by atoms with van der Waals surface area (Å²) >= 11 is 0. The number of nitrogens with two attached hydrogens (primary N) is 1. The second-order valence-corrected chi connectivity index (χ2v) is 11.3. The Hall–Kier alpha value is -4.01. The molecule has 4 bridgehead atoms. The van der Waals surface area contributed by atoms with Gasteiger partial charge in [0, 0.05) is 57.0 Å². The van der Waals surface area contributed by atoms with E-state index in [-0.39, 0.29) is 17.8 Å². The van der Waals surface area contributed by atoms with E-state index >= 15 is 0 Å². The van der Waals surface area contributed by atoms with E-state index in [4.69, 9.17) is 5.73 Å². The zero-order valence-electron chi connectivity index (χ0n) is 24.5. The predicted octanol–water partition coefficient (Wildman–Crippen LogP) is 4.26. The quantitative estimate of drug-likeness (QED) is 0.504. The zero-order chi connectivity index (χ0) is 29.1. The number of carbonyl (C=O) groups excluding carboxylic acids is 1. The summed E-state index contributed by atoms with van der Waals surface area (Å²) in [7, 11) is 2.07. The molecule has 0 saturated carbocycles. The van der Waals surface area contributed by atoms with Crippen LogP contribution in [-0.4, -0.2) is 74.2 Å². The Morgan fingerprint density at radius 3 is 2.69 bits per heavy atom. The van der Waals surface area contributed by atoms with Gasteiger partial charge in [-0.2, -0.15) is 0 Å². The summed E-state index contributed by atoms with van der Waals surface area (Å²) in [5, 5.41) is 6.75. The molecule has 3 aliphatic heterocycles. The van der Waals surface area contributed by atoms with Crippen molar-refractivity contribution in [1.29, 1.82) is 0 Å². The van der Waals surface area contributed by atoms with Gasteiger partial charge in [-0.3, -0.25) is 9.69 Å². The lowest BCUT2D eigenvalue weighted by Crippen LogP contribution is -2.42. The van der Waals surface area contributed by atoms with Crippen LogP contribution in [0, 0.1) is 12.3 Å². The molecule has 0 atom stereocenters. The van der Waals surface area contributed by atoms with E-state index in [0.717, 1.165) is 81.0 Å². The highest BCUT2D eigenvalue weighted by Crippen LogP contribution is 2.25. The first-order valence-electron chi connectivity index (χ1n) is 14.9. The van der Waals surface area contributed by atoms with E-state index in [1.807, 2.05) is 24.3 Å². The van der Waals surface area contributed by atoms with Crippen LogP contribution in [0.1, 0.15) is 24.0 Å². The van der Waals surface area contributed by atoms with Crippen LogP contribution in [0.5, 0.6) is 0 Å². The number of guanidine groups is 1. The highest BCUT2D eigenvalue weighted by Gasteiger charge is 2.25. The van der Waals surface area contributed by atoms with Gasteiger partial charge in [-0.05, 0) is 85.9 Å². The van der Waals surface area contributed by atoms with Crippen molar-refractivity contribution < 1.29 is 4.79 Å². The Morgan fingerprint density at radius 2 is 1.90 bits per heavy atom. The minimum atomic E-state index is 0.0690. The van der Waals surface area contributed by atoms with Crippen LogP contribution in [-0.2, 0) is 17.8 Å². The van der Waals surface area contributed by atoms with Gasteiger partial charge >= 0.3 is 0 Å². The fourth-order valence-electron chi connectivity index (χ4n) is 5.40. The van der Waals surface area contributed by atoms with E-state index < -0.39 is 0 Å². The second-order valence-electron chi connectivity index (χ2n) is 11.3. The van der Waals surface area contributed by atoms with Crippen molar-refractivity contribution in [2.45, 2.75) is 25.8 Å². The minimum Gasteiger partial charge on any atom is -0.385 e. The lowest BCUT2D eigenvalue weighted by molar-refractivity contribution is -0.126. The first kappa shape index (κ1) is 29.5. The van der Waals surface area contributed by atoms with Crippen LogP contribution in [0.3, 0.4) is 0 Å². The number of nitrogens with zero attached hydrogens (tertiary/aromatic N) is 4. The molecule has 1 fully saturated rings. The molecule has 2 aromatic carbocycles. The number of likely N-dealkylation sites (N-methyl/N-ethyl adjacent to an activating group) is 1. The maximum atomic E-state index is 12.9. The molecular formula is C34H42N7O. The average Bonchev–Trinajstić information content (AvgIpc) is 3.80. The van der Waals surface area contributed by atoms with Crippen LogP contribution in [0.2, 0.25) is 0 Å². The van der Waals surface area contributed by atoms with Crippen LogP contribution in [0.4, 0.5) is 11.4 Å². The lowest BCUT2D eigenvalue weighted by atomic mass is 9.95. The number of hydrogen-bond acceptors (Lipinski definition) is 7. The number of allylic oxidation sites excluding steroid dienone is 4. The summed E-state index contributed by atoms with van der Waals surface area (Å²) in [6, 6.07) is 16.8. The maximum Gasteiger partial charge on any atom is 0.223 e. The number of carbonyl (C=O) groups is 1. The zero-order valence-corrected chi connectivity index (χ0v) is 24.5. The number of rotatable bonds is 5. The van der Waals surface area contributed by atoms with Crippen molar-refractivity contribution in [3.8, 4) is 0 Å². The molecule has 0 aromatic heterocycles. The van der Waals surface area contributed by atoms with Crippen molar-refractivity contribution in [1.82, 2.24) is 15.1 Å². The number of anilines is 1. The molecule has 0 unspecified atom stereocenters. The smallest absolute Gasteiger partial charge is 0.223 e. The van der Waals surface area contributed by atoms with Gasteiger partial charge in [0.15, 0.2) is 0 Å². The van der Waals surface area contributed by atoms with Gasteiger partial charge in [0.05, 0.1) is 5.69 Å². The molecule has 1 amide bonds. The van der Waals surface area contributed by atoms with E-state index in [1.54, 1.807) is 6.21 Å². The van der Waals surface area contributed by atoms with Crippen molar-refractivity contribution >= 4 is 29.5 Å². The van der Waals surface area contributed by atoms with Gasteiger partial charge in [-0.25, -0.2) is 9.98 Å². The second kappa shape index (κ2) is 14.8. The van der Waals surface area contributed by atoms with Crippen molar-refractivity contribution in [2.75, 3.05) is 51.6 Å². The third kappa shape index (κ3) is 9.53. The van der Waals surface area contributed by atoms with Crippen LogP contribution in [0.25, 0.3) is 0 Å². The minimum absolute atomic E-state index is 0.0690. The summed E-state index contributed by atoms with van der Waals surface area (Å²) in [4.78, 5) is 26.6. The normalized spacial score (nSPS) is 24.6. The number of amides is 1. The average molecular weight is 565 g/mol. The topological polar surface area (TPSA) is 98.4 Å². The SMILES string of the molecule is CN1CCNC(=O)C2CCN(CC2)Cc2cc(cc(NCCc3ccccc3)c2)N=C(N)/N=C/C=C/C(=C/C2=C[CH]2)C1. The Bertz CT molecular complexity index is 1370. The van der Waals surface area contributed by atoms with E-state index in [2.05, 4.69) is 92.4 Å². The molecule has 8 heteroatoms. The fourth-order valence-corrected chi connectivity index (χ4v) is 5.40. The summed E-state index contributed by atoms with van der Waals surface area (Å²) in [6.45, 7) is 5.58. The van der Waals surface area contributed by atoms with Crippen LogP contribution >= 0.6 is 0 Å². The molecule has 3 heterocycles. The Labute approximate surface area is 249 Å². The molecular weight excluding hydrogens is 522 g/mol. The van der Waals surface area contributed by atoms with Gasteiger partial charge in [-0.1, -0.05) is 48.6 Å². The first-order valence-corrected chi connectivity index (χ1v) is 14.9. The summed E-state index contributed by atoms with van der Waals surface area (Å²) in [5.41, 5.74) is 12.9. The number of hydrogen-bond donors (Lipinski definition) is 3. The first-order chi connectivity index (χ1) is 20.5. The molecule has 4 aliphatic rings. The summed E-state index contributed by atoms with van der Waals surface area (Å²) < 4.78 is 0. The van der Waals surface area contributed by atoms with Crippen molar-refractivity contribution in [3.63, 3.8) is 0 Å². The molecule has 42 heavy (non-hydrogen) atoms. The molecule has 1 aliphatic carbocycles. The molecule has 1 radical (unpaired) electrons. The monoisotopic (exact) mass is 564 g/mol. The van der Waals surface area contributed by atoms with Gasteiger partial charge in [0.25, 0.3) is 0 Å². The summed E-state index contributed by atoms with van der Waals surface area (Å²) in [5.74, 6) is 0.457. The lowest BCUT2D eigenvalue weighted by Gasteiger charge is -2.31. The van der Waals surface area contributed by atoms with Gasteiger partial charge in [0.1, 0.15) is 0 Å². The fraction of sp³-hybridized carbons (Fsp3) is 0.353. The number of piperidine rings is 1. The molecule has 8 nitrogen and oxygen atoms in total. The van der Waals surface area contributed by atoms with Gasteiger partial charge in [0.2, 0.25) is 11.9 Å². The molecule has 0 spiro atoms. The third-order valence-electron chi connectivity index (χ3n) is 7.73. The predicted molar refractivity (Wildman–Crippen MR) is 173 cm³/mol. The molecule has 4 N–H and O–H groups in total. The van der Waals surface area contributed by atoms with Crippen molar-refractivity contribution in [2.24, 2.45) is 21.6 Å². The number of nitrogens with one attached hydrogen (secondary N) is 2. The standard InChI is InChI=1S/C34H42N7O/c1-40-19-16-37-33(42)30-12-17-41(18-13-30)25-29-21-31(36-15-11-26-6-3-2-4-7-26)23-32(22-29)39-34(35)38-14-5-8-28(24-40)20-27-9-10-27/h2-10,14,20-23,30,36H,11-13,15-19,24-25H2,1H3,(H2,35,39)(H,37,42)/b8-5+,28-20-,38-14+. The number of aliphatic imine (C=N–C) groups is 2. The number of benzene rings is 2. The largest absolute Gasteiger partial charge is 0.385 e. The highest BCUT2D eigenvalue weighted by atomic mass is 16.1. The maximum absolute atomic E-state index is 12.9. The van der Waals surface area contributed by atoms with E-state index in [1.165, 1.54) is 11.1 Å². The van der Waals surface area contributed by atoms with Gasteiger partial charge in [-0.15, -0.1) is 0 Å². The summed E-state index contributed by atoms with van der Waals surface area (Å²) in [6.07, 6.45) is 14.6. The van der Waals surface area contributed by atoms with Crippen molar-refractivity contribution in [3.05, 3.63) is 102 Å². The molecule has 2 aromatic rings. The van der Waals surface area contributed by atoms with E-state index in [9.17, 15) is 4.79 Å². The van der Waals surface area contributed by atoms with Gasteiger partial charge < -0.3 is 21.3 Å². The number of fused-ring (bicyclic) bond motifs is 11. The Balaban J connectivity index is 1.35.